The van der Waals surface area contributed by atoms with Crippen LogP contribution in [0.25, 0.3) is 0 Å². The van der Waals surface area contributed by atoms with E-state index in [1.54, 1.807) is 22.8 Å². The number of carboxylic acids is 1. The molecule has 0 saturated heterocycles. The fourth-order valence-electron chi connectivity index (χ4n) is 2.19. The molecule has 0 aliphatic heterocycles. The van der Waals surface area contributed by atoms with Crippen LogP contribution >= 0.6 is 22.7 Å². The summed E-state index contributed by atoms with van der Waals surface area (Å²) in [6.45, 7) is 6.06. The van der Waals surface area contributed by atoms with Crippen molar-refractivity contribution in [1.29, 1.82) is 0 Å². The smallest absolute Gasteiger partial charge is 0.336 e. The molecule has 2 rings (SSSR count). The number of aryl methyl sites for hydroxylation is 2. The van der Waals surface area contributed by atoms with Crippen LogP contribution < -0.4 is 5.32 Å². The standard InChI is InChI=1S/C15H17NO3S2/c1-8-4-13(10(3)21-8)9(2)16-14(17)6-12-5-11(7-20-12)15(18)19/h4-5,7,9H,6H2,1-3H3,(H,16,17)(H,18,19). The van der Waals surface area contributed by atoms with Gasteiger partial charge in [0.1, 0.15) is 0 Å². The summed E-state index contributed by atoms with van der Waals surface area (Å²) in [5, 5.41) is 13.4. The minimum Gasteiger partial charge on any atom is -0.478 e. The van der Waals surface area contributed by atoms with Crippen molar-refractivity contribution in [3.63, 3.8) is 0 Å². The molecule has 0 saturated carbocycles. The van der Waals surface area contributed by atoms with Crippen LogP contribution in [0.3, 0.4) is 0 Å². The molecule has 0 radical (unpaired) electrons. The van der Waals surface area contributed by atoms with Gasteiger partial charge in [-0.15, -0.1) is 22.7 Å². The molecule has 0 fully saturated rings. The van der Waals surface area contributed by atoms with Crippen LogP contribution in [0, 0.1) is 13.8 Å². The lowest BCUT2D eigenvalue weighted by atomic mass is 10.1. The highest BCUT2D eigenvalue weighted by Gasteiger charge is 2.15. The number of amides is 1. The molecule has 0 aliphatic rings. The largest absolute Gasteiger partial charge is 0.478 e. The van der Waals surface area contributed by atoms with Crippen LogP contribution in [0.2, 0.25) is 0 Å². The van der Waals surface area contributed by atoms with Crippen molar-refractivity contribution in [2.45, 2.75) is 33.2 Å². The minimum absolute atomic E-state index is 0.0404. The molecule has 2 aromatic heterocycles. The van der Waals surface area contributed by atoms with E-state index in [4.69, 9.17) is 5.11 Å². The molecule has 112 valence electrons. The molecule has 1 unspecified atom stereocenters. The molecule has 2 N–H and O–H groups in total. The van der Waals surface area contributed by atoms with Gasteiger partial charge in [-0.25, -0.2) is 4.79 Å². The first-order valence-electron chi connectivity index (χ1n) is 6.54. The van der Waals surface area contributed by atoms with Crippen LogP contribution in [0.4, 0.5) is 0 Å². The van der Waals surface area contributed by atoms with E-state index in [1.807, 2.05) is 13.8 Å². The Labute approximate surface area is 131 Å². The molecule has 6 heteroatoms. The second-order valence-electron chi connectivity index (χ2n) is 4.94. The third-order valence-corrected chi connectivity index (χ3v) is 5.08. The monoisotopic (exact) mass is 323 g/mol. The second-order valence-corrected chi connectivity index (χ2v) is 7.40. The molecule has 1 amide bonds. The predicted molar refractivity (Wildman–Crippen MR) is 85.3 cm³/mol. The van der Waals surface area contributed by atoms with Crippen molar-refractivity contribution >= 4 is 34.6 Å². The van der Waals surface area contributed by atoms with Crippen LogP contribution in [-0.2, 0) is 11.2 Å². The van der Waals surface area contributed by atoms with Gasteiger partial charge in [-0.1, -0.05) is 0 Å². The van der Waals surface area contributed by atoms with Crippen molar-refractivity contribution in [3.05, 3.63) is 43.3 Å². The van der Waals surface area contributed by atoms with E-state index in [0.29, 0.717) is 0 Å². The quantitative estimate of drug-likeness (QED) is 0.884. The summed E-state index contributed by atoms with van der Waals surface area (Å²) in [5.41, 5.74) is 1.38. The first-order valence-corrected chi connectivity index (χ1v) is 8.23. The van der Waals surface area contributed by atoms with Crippen molar-refractivity contribution in [2.75, 3.05) is 0 Å². The zero-order chi connectivity index (χ0) is 15.6. The molecule has 2 aromatic rings. The van der Waals surface area contributed by atoms with Crippen LogP contribution in [0.15, 0.2) is 17.5 Å². The van der Waals surface area contributed by atoms with Crippen LogP contribution in [-0.4, -0.2) is 17.0 Å². The van der Waals surface area contributed by atoms with Crippen molar-refractivity contribution in [3.8, 4) is 0 Å². The van der Waals surface area contributed by atoms with Gasteiger partial charge < -0.3 is 10.4 Å². The number of rotatable bonds is 5. The average molecular weight is 323 g/mol. The van der Waals surface area contributed by atoms with Gasteiger partial charge >= 0.3 is 5.97 Å². The lowest BCUT2D eigenvalue weighted by Gasteiger charge is -2.13. The number of hydrogen-bond acceptors (Lipinski definition) is 4. The van der Waals surface area contributed by atoms with Crippen LogP contribution in [0.5, 0.6) is 0 Å². The molecule has 2 heterocycles. The lowest BCUT2D eigenvalue weighted by Crippen LogP contribution is -2.27. The maximum Gasteiger partial charge on any atom is 0.336 e. The zero-order valence-electron chi connectivity index (χ0n) is 12.1. The fraction of sp³-hybridized carbons (Fsp3) is 0.333. The summed E-state index contributed by atoms with van der Waals surface area (Å²) in [6, 6.07) is 3.61. The average Bonchev–Trinajstić information content (AvgIpc) is 2.95. The summed E-state index contributed by atoms with van der Waals surface area (Å²) in [7, 11) is 0. The number of thiophene rings is 2. The molecular formula is C15H17NO3S2. The molecule has 0 aliphatic carbocycles. The molecule has 4 nitrogen and oxygen atoms in total. The third-order valence-electron chi connectivity index (χ3n) is 3.16. The van der Waals surface area contributed by atoms with Gasteiger partial charge in [0.25, 0.3) is 0 Å². The van der Waals surface area contributed by atoms with E-state index in [-0.39, 0.29) is 23.9 Å². The highest BCUT2D eigenvalue weighted by Crippen LogP contribution is 2.26. The third kappa shape index (κ3) is 3.92. The topological polar surface area (TPSA) is 66.4 Å². The zero-order valence-corrected chi connectivity index (χ0v) is 13.7. The van der Waals surface area contributed by atoms with E-state index in [1.165, 1.54) is 21.1 Å². The van der Waals surface area contributed by atoms with Crippen molar-refractivity contribution in [1.82, 2.24) is 5.32 Å². The Balaban J connectivity index is 1.97. The van der Waals surface area contributed by atoms with Crippen molar-refractivity contribution < 1.29 is 14.7 Å². The highest BCUT2D eigenvalue weighted by atomic mass is 32.1. The summed E-state index contributed by atoms with van der Waals surface area (Å²) >= 11 is 3.02. The predicted octanol–water partition coefficient (Wildman–Crippen LogP) is 3.54. The summed E-state index contributed by atoms with van der Waals surface area (Å²) < 4.78 is 0. The van der Waals surface area contributed by atoms with Gasteiger partial charge in [-0.2, -0.15) is 0 Å². The van der Waals surface area contributed by atoms with Crippen LogP contribution in [0.1, 0.15) is 43.5 Å². The summed E-state index contributed by atoms with van der Waals surface area (Å²) in [5.74, 6) is -1.06. The Kier molecular flexibility index (Phi) is 4.80. The Bertz CT molecular complexity index is 672. The summed E-state index contributed by atoms with van der Waals surface area (Å²) in [6.07, 6.45) is 0.213. The number of aromatic carboxylic acids is 1. The van der Waals surface area contributed by atoms with Gasteiger partial charge in [-0.3, -0.25) is 4.79 Å². The Morgan fingerprint density at radius 2 is 2.05 bits per heavy atom. The Morgan fingerprint density at radius 3 is 2.57 bits per heavy atom. The van der Waals surface area contributed by atoms with E-state index in [2.05, 4.69) is 18.3 Å². The normalized spacial score (nSPS) is 12.1. The molecule has 0 spiro atoms. The lowest BCUT2D eigenvalue weighted by molar-refractivity contribution is -0.121. The number of nitrogens with one attached hydrogen (secondary N) is 1. The van der Waals surface area contributed by atoms with E-state index in [9.17, 15) is 9.59 Å². The Hall–Kier alpha value is -1.66. The molecular weight excluding hydrogens is 306 g/mol. The van der Waals surface area contributed by atoms with E-state index >= 15 is 0 Å². The maximum atomic E-state index is 12.0. The molecule has 21 heavy (non-hydrogen) atoms. The van der Waals surface area contributed by atoms with Crippen molar-refractivity contribution in [2.24, 2.45) is 0 Å². The number of carbonyl (C=O) groups excluding carboxylic acids is 1. The van der Waals surface area contributed by atoms with Gasteiger partial charge in [-0.05, 0) is 38.5 Å². The SMILES string of the molecule is Cc1cc(C(C)NC(=O)Cc2cc(C(=O)O)cs2)c(C)s1. The van der Waals surface area contributed by atoms with Gasteiger partial charge in [0.15, 0.2) is 0 Å². The van der Waals surface area contributed by atoms with Gasteiger partial charge in [0.2, 0.25) is 5.91 Å². The first kappa shape index (κ1) is 15.7. The molecule has 0 bridgehead atoms. The fourth-order valence-corrected chi connectivity index (χ4v) is 4.07. The number of carboxylic acid groups (broad SMARTS) is 1. The molecule has 0 aromatic carbocycles. The number of hydrogen-bond donors (Lipinski definition) is 2. The molecule has 1 atom stereocenters. The highest BCUT2D eigenvalue weighted by molar-refractivity contribution is 7.12. The summed E-state index contributed by atoms with van der Waals surface area (Å²) in [4.78, 5) is 26.1. The maximum absolute atomic E-state index is 12.0. The Morgan fingerprint density at radius 1 is 1.33 bits per heavy atom. The van der Waals surface area contributed by atoms with Gasteiger partial charge in [0.05, 0.1) is 18.0 Å². The van der Waals surface area contributed by atoms with E-state index < -0.39 is 5.97 Å². The number of carbonyl (C=O) groups is 2. The second kappa shape index (κ2) is 6.41. The first-order chi connectivity index (χ1) is 9.86. The minimum atomic E-state index is -0.962. The van der Waals surface area contributed by atoms with E-state index in [0.717, 1.165) is 10.4 Å². The van der Waals surface area contributed by atoms with Gasteiger partial charge in [0, 0.05) is 20.0 Å².